The predicted molar refractivity (Wildman–Crippen MR) is 97.9 cm³/mol. The maximum atomic E-state index is 6.04. The third kappa shape index (κ3) is 1.96. The molecule has 0 unspecified atom stereocenters. The second-order valence-electron chi connectivity index (χ2n) is 6.02. The van der Waals surface area contributed by atoms with Gasteiger partial charge in [0.05, 0.1) is 0 Å². The molecule has 0 bridgehead atoms. The normalized spacial score (nSPS) is 13.3. The summed E-state index contributed by atoms with van der Waals surface area (Å²) >= 11 is 0. The van der Waals surface area contributed by atoms with Crippen LogP contribution in [-0.4, -0.2) is 13.2 Å². The second kappa shape index (κ2) is 5.27. The van der Waals surface area contributed by atoms with E-state index in [1.165, 1.54) is 27.1 Å². The molecule has 1 aliphatic heterocycles. The fraction of sp³-hybridized carbons (Fsp3) is 0.0909. The van der Waals surface area contributed by atoms with E-state index in [2.05, 4.69) is 72.8 Å². The zero-order valence-electron chi connectivity index (χ0n) is 13.2. The van der Waals surface area contributed by atoms with Gasteiger partial charge in [-0.3, -0.25) is 0 Å². The van der Waals surface area contributed by atoms with Crippen molar-refractivity contribution in [3.8, 4) is 22.6 Å². The van der Waals surface area contributed by atoms with Crippen molar-refractivity contribution in [1.29, 1.82) is 0 Å². The van der Waals surface area contributed by atoms with Crippen molar-refractivity contribution < 1.29 is 9.47 Å². The van der Waals surface area contributed by atoms with Gasteiger partial charge in [-0.05, 0) is 33.2 Å². The van der Waals surface area contributed by atoms with Crippen molar-refractivity contribution in [1.82, 2.24) is 0 Å². The van der Waals surface area contributed by atoms with E-state index in [0.717, 1.165) is 17.1 Å². The van der Waals surface area contributed by atoms with Crippen molar-refractivity contribution >= 4 is 21.5 Å². The Bertz CT molecular complexity index is 1060. The molecule has 116 valence electrons. The molecule has 0 fully saturated rings. The highest BCUT2D eigenvalue weighted by atomic mass is 16.6. The Hall–Kier alpha value is -3.00. The number of hydrogen-bond donors (Lipinski definition) is 0. The van der Waals surface area contributed by atoms with Gasteiger partial charge in [-0.1, -0.05) is 66.7 Å². The summed E-state index contributed by atoms with van der Waals surface area (Å²) in [6.45, 7) is 1.18. The molecule has 5 rings (SSSR count). The molecule has 0 N–H and O–H groups in total. The lowest BCUT2D eigenvalue weighted by atomic mass is 9.92. The zero-order valence-corrected chi connectivity index (χ0v) is 13.2. The first kappa shape index (κ1) is 13.4. The lowest BCUT2D eigenvalue weighted by Gasteiger charge is -2.23. The minimum absolute atomic E-state index is 0.586. The Morgan fingerprint density at radius 2 is 1.33 bits per heavy atom. The highest BCUT2D eigenvalue weighted by molar-refractivity contribution is 6.08. The van der Waals surface area contributed by atoms with Gasteiger partial charge < -0.3 is 9.47 Å². The summed E-state index contributed by atoms with van der Waals surface area (Å²) in [4.78, 5) is 0. The molecule has 1 aliphatic rings. The first-order chi connectivity index (χ1) is 11.9. The summed E-state index contributed by atoms with van der Waals surface area (Å²) in [6.07, 6.45) is 0. The van der Waals surface area contributed by atoms with E-state index in [4.69, 9.17) is 9.47 Å². The van der Waals surface area contributed by atoms with Gasteiger partial charge in [0.15, 0.2) is 11.5 Å². The third-order valence-corrected chi connectivity index (χ3v) is 4.61. The number of benzene rings is 4. The minimum atomic E-state index is 0.586. The van der Waals surface area contributed by atoms with Gasteiger partial charge in [-0.2, -0.15) is 0 Å². The Morgan fingerprint density at radius 3 is 2.25 bits per heavy atom. The van der Waals surface area contributed by atoms with Gasteiger partial charge in [0, 0.05) is 5.56 Å². The van der Waals surface area contributed by atoms with Gasteiger partial charge in [0.2, 0.25) is 0 Å². The molecule has 0 saturated heterocycles. The maximum Gasteiger partial charge on any atom is 0.169 e. The van der Waals surface area contributed by atoms with E-state index in [1.54, 1.807) is 0 Å². The highest BCUT2D eigenvalue weighted by Crippen LogP contribution is 2.46. The Morgan fingerprint density at radius 1 is 0.625 bits per heavy atom. The number of hydrogen-bond acceptors (Lipinski definition) is 2. The van der Waals surface area contributed by atoms with Gasteiger partial charge in [0.1, 0.15) is 13.2 Å². The summed E-state index contributed by atoms with van der Waals surface area (Å²) < 4.78 is 11.9. The van der Waals surface area contributed by atoms with Crippen molar-refractivity contribution in [2.75, 3.05) is 13.2 Å². The molecular formula is C22H16O2. The summed E-state index contributed by atoms with van der Waals surface area (Å²) in [5.41, 5.74) is 2.31. The van der Waals surface area contributed by atoms with Crippen LogP contribution >= 0.6 is 0 Å². The fourth-order valence-electron chi connectivity index (χ4n) is 3.56. The van der Waals surface area contributed by atoms with E-state index < -0.39 is 0 Å². The van der Waals surface area contributed by atoms with E-state index >= 15 is 0 Å². The van der Waals surface area contributed by atoms with Crippen molar-refractivity contribution in [2.24, 2.45) is 0 Å². The van der Waals surface area contributed by atoms with Gasteiger partial charge in [-0.25, -0.2) is 0 Å². The van der Waals surface area contributed by atoms with E-state index in [1.807, 2.05) is 0 Å². The average Bonchev–Trinajstić information content (AvgIpc) is 2.66. The van der Waals surface area contributed by atoms with Crippen LogP contribution in [0.25, 0.3) is 32.7 Å². The van der Waals surface area contributed by atoms with Crippen LogP contribution in [0.2, 0.25) is 0 Å². The van der Waals surface area contributed by atoms with Gasteiger partial charge >= 0.3 is 0 Å². The Kier molecular flexibility index (Phi) is 2.95. The third-order valence-electron chi connectivity index (χ3n) is 4.61. The molecule has 0 atom stereocenters. The summed E-state index contributed by atoms with van der Waals surface area (Å²) in [6, 6.07) is 25.4. The molecule has 4 aromatic rings. The SMILES string of the molecule is c1ccc2c(-c3c4c(cc5ccccc35)OCCO4)cccc2c1. The van der Waals surface area contributed by atoms with Crippen LogP contribution < -0.4 is 9.47 Å². The fourth-order valence-corrected chi connectivity index (χ4v) is 3.56. The van der Waals surface area contributed by atoms with Crippen molar-refractivity contribution in [3.05, 3.63) is 72.8 Å². The van der Waals surface area contributed by atoms with Crippen LogP contribution in [0.3, 0.4) is 0 Å². The topological polar surface area (TPSA) is 18.5 Å². The second-order valence-corrected chi connectivity index (χ2v) is 6.02. The number of fused-ring (bicyclic) bond motifs is 3. The molecule has 2 nitrogen and oxygen atoms in total. The molecule has 4 aromatic carbocycles. The molecule has 2 heteroatoms. The Labute approximate surface area is 140 Å². The smallest absolute Gasteiger partial charge is 0.169 e. The van der Waals surface area contributed by atoms with Crippen LogP contribution in [0, 0.1) is 0 Å². The molecule has 0 amide bonds. The zero-order chi connectivity index (χ0) is 15.9. The van der Waals surface area contributed by atoms with Crippen LogP contribution in [0.5, 0.6) is 11.5 Å². The summed E-state index contributed by atoms with van der Waals surface area (Å²) in [5, 5.41) is 4.82. The first-order valence-electron chi connectivity index (χ1n) is 8.21. The van der Waals surface area contributed by atoms with Crippen LogP contribution in [0.15, 0.2) is 72.8 Å². The van der Waals surface area contributed by atoms with E-state index in [0.29, 0.717) is 13.2 Å². The number of rotatable bonds is 1. The van der Waals surface area contributed by atoms with Crippen molar-refractivity contribution in [3.63, 3.8) is 0 Å². The lowest BCUT2D eigenvalue weighted by molar-refractivity contribution is 0.173. The van der Waals surface area contributed by atoms with Crippen LogP contribution in [0.4, 0.5) is 0 Å². The largest absolute Gasteiger partial charge is 0.486 e. The Balaban J connectivity index is 1.94. The molecule has 0 aromatic heterocycles. The lowest BCUT2D eigenvalue weighted by Crippen LogP contribution is -2.16. The highest BCUT2D eigenvalue weighted by Gasteiger charge is 2.21. The monoisotopic (exact) mass is 312 g/mol. The van der Waals surface area contributed by atoms with E-state index in [-0.39, 0.29) is 0 Å². The van der Waals surface area contributed by atoms with Crippen LogP contribution in [0.1, 0.15) is 0 Å². The maximum absolute atomic E-state index is 6.04. The average molecular weight is 312 g/mol. The molecule has 24 heavy (non-hydrogen) atoms. The van der Waals surface area contributed by atoms with E-state index in [9.17, 15) is 0 Å². The predicted octanol–water partition coefficient (Wildman–Crippen LogP) is 5.43. The molecular weight excluding hydrogens is 296 g/mol. The number of ether oxygens (including phenoxy) is 2. The first-order valence-corrected chi connectivity index (χ1v) is 8.21. The van der Waals surface area contributed by atoms with Crippen LogP contribution in [-0.2, 0) is 0 Å². The minimum Gasteiger partial charge on any atom is -0.486 e. The molecule has 0 saturated carbocycles. The quantitative estimate of drug-likeness (QED) is 0.466. The van der Waals surface area contributed by atoms with Crippen molar-refractivity contribution in [2.45, 2.75) is 0 Å². The summed E-state index contributed by atoms with van der Waals surface area (Å²) in [7, 11) is 0. The molecule has 1 heterocycles. The van der Waals surface area contributed by atoms with Gasteiger partial charge in [0.25, 0.3) is 0 Å². The molecule has 0 radical (unpaired) electrons. The van der Waals surface area contributed by atoms with Gasteiger partial charge in [-0.15, -0.1) is 0 Å². The molecule has 0 aliphatic carbocycles. The summed E-state index contributed by atoms with van der Waals surface area (Å²) in [5.74, 6) is 1.69. The molecule has 0 spiro atoms. The standard InChI is InChI=1S/C22H16O2/c1-3-9-17-15(6-1)8-5-11-19(17)21-18-10-4-2-7-16(18)14-20-22(21)24-13-12-23-20/h1-11,14H,12-13H2.